The molecule has 0 unspecified atom stereocenters. The van der Waals surface area contributed by atoms with E-state index in [0.29, 0.717) is 19.8 Å². The summed E-state index contributed by atoms with van der Waals surface area (Å²) in [6.07, 6.45) is 4.67. The molecule has 118 valence electrons. The molecular weight excluding hydrogens is 282 g/mol. The number of allylic oxidation sites excluding steroid dienone is 1. The smallest absolute Gasteiger partial charge is 0.256 e. The molecule has 2 rings (SSSR count). The van der Waals surface area contributed by atoms with E-state index >= 15 is 0 Å². The SMILES string of the molecule is C/C(O)=C(\C=NCc1ccccn1)C(=O)NC1CCOCC1. The molecule has 22 heavy (non-hydrogen) atoms. The number of nitrogens with zero attached hydrogens (tertiary/aromatic N) is 2. The van der Waals surface area contributed by atoms with Crippen molar-refractivity contribution >= 4 is 12.1 Å². The Labute approximate surface area is 129 Å². The van der Waals surface area contributed by atoms with Gasteiger partial charge in [0.25, 0.3) is 5.91 Å². The summed E-state index contributed by atoms with van der Waals surface area (Å²) >= 11 is 0. The fourth-order valence-corrected chi connectivity index (χ4v) is 2.14. The van der Waals surface area contributed by atoms with Gasteiger partial charge < -0.3 is 15.2 Å². The molecule has 1 aromatic rings. The van der Waals surface area contributed by atoms with Crippen molar-refractivity contribution in [1.29, 1.82) is 0 Å². The standard InChI is InChI=1S/C16H21N3O3/c1-12(20)15(11-17-10-14-4-2-3-7-18-14)16(21)19-13-5-8-22-9-6-13/h2-4,7,11,13,20H,5-6,8-10H2,1H3,(H,19,21)/b15-12-,17-11?. The number of aliphatic imine (C=N–C) groups is 1. The van der Waals surface area contributed by atoms with Gasteiger partial charge in [0.2, 0.25) is 0 Å². The number of rotatable bonds is 5. The van der Waals surface area contributed by atoms with E-state index in [2.05, 4.69) is 15.3 Å². The van der Waals surface area contributed by atoms with E-state index in [-0.39, 0.29) is 23.3 Å². The summed E-state index contributed by atoms with van der Waals surface area (Å²) in [4.78, 5) is 20.6. The van der Waals surface area contributed by atoms with Crippen molar-refractivity contribution in [2.45, 2.75) is 32.4 Å². The number of carbonyl (C=O) groups excluding carboxylic acids is 1. The molecule has 6 nitrogen and oxygen atoms in total. The number of aliphatic hydroxyl groups is 1. The van der Waals surface area contributed by atoms with E-state index in [1.165, 1.54) is 13.1 Å². The highest BCUT2D eigenvalue weighted by molar-refractivity contribution is 6.12. The van der Waals surface area contributed by atoms with Crippen molar-refractivity contribution < 1.29 is 14.6 Å². The second-order valence-corrected chi connectivity index (χ2v) is 5.15. The first-order chi connectivity index (χ1) is 10.7. The van der Waals surface area contributed by atoms with Crippen molar-refractivity contribution in [2.75, 3.05) is 13.2 Å². The maximum Gasteiger partial charge on any atom is 0.256 e. The van der Waals surface area contributed by atoms with Gasteiger partial charge in [-0.05, 0) is 31.9 Å². The summed E-state index contributed by atoms with van der Waals surface area (Å²) in [6, 6.07) is 5.65. The number of aromatic nitrogens is 1. The first-order valence-corrected chi connectivity index (χ1v) is 7.35. The molecule has 0 spiro atoms. The van der Waals surface area contributed by atoms with Gasteiger partial charge in [0, 0.05) is 31.7 Å². The maximum atomic E-state index is 12.2. The average Bonchev–Trinajstić information content (AvgIpc) is 2.53. The summed E-state index contributed by atoms with van der Waals surface area (Å²) in [7, 11) is 0. The summed E-state index contributed by atoms with van der Waals surface area (Å²) in [5.74, 6) is -0.356. The Balaban J connectivity index is 1.94. The highest BCUT2D eigenvalue weighted by Crippen LogP contribution is 2.08. The lowest BCUT2D eigenvalue weighted by molar-refractivity contribution is -0.118. The van der Waals surface area contributed by atoms with Crippen LogP contribution >= 0.6 is 0 Å². The van der Waals surface area contributed by atoms with Gasteiger partial charge in [-0.15, -0.1) is 0 Å². The van der Waals surface area contributed by atoms with Crippen LogP contribution in [0.1, 0.15) is 25.5 Å². The van der Waals surface area contributed by atoms with E-state index < -0.39 is 0 Å². The lowest BCUT2D eigenvalue weighted by Gasteiger charge is -2.23. The van der Waals surface area contributed by atoms with Gasteiger partial charge >= 0.3 is 0 Å². The Morgan fingerprint density at radius 3 is 2.91 bits per heavy atom. The minimum Gasteiger partial charge on any atom is -0.512 e. The van der Waals surface area contributed by atoms with Gasteiger partial charge in [0.05, 0.1) is 17.8 Å². The minimum atomic E-state index is -0.309. The summed E-state index contributed by atoms with van der Waals surface area (Å²) < 4.78 is 5.26. The van der Waals surface area contributed by atoms with Crippen LogP contribution in [-0.4, -0.2) is 41.5 Å². The highest BCUT2D eigenvalue weighted by atomic mass is 16.5. The molecule has 0 atom stereocenters. The van der Waals surface area contributed by atoms with Crippen molar-refractivity contribution in [2.24, 2.45) is 4.99 Å². The molecule has 1 aromatic heterocycles. The van der Waals surface area contributed by atoms with E-state index in [0.717, 1.165) is 18.5 Å². The Hall–Kier alpha value is -2.21. The molecule has 0 aromatic carbocycles. The molecule has 0 bridgehead atoms. The zero-order valence-corrected chi connectivity index (χ0v) is 12.7. The molecule has 1 fully saturated rings. The number of hydrogen-bond acceptors (Lipinski definition) is 5. The third-order valence-electron chi connectivity index (χ3n) is 3.39. The fourth-order valence-electron chi connectivity index (χ4n) is 2.14. The summed E-state index contributed by atoms with van der Waals surface area (Å²) in [6.45, 7) is 3.14. The van der Waals surface area contributed by atoms with Crippen molar-refractivity contribution in [3.05, 3.63) is 41.4 Å². The normalized spacial score (nSPS) is 17.3. The lowest BCUT2D eigenvalue weighted by atomic mass is 10.1. The third kappa shape index (κ3) is 4.96. The number of aliphatic hydroxyl groups excluding tert-OH is 1. The maximum absolute atomic E-state index is 12.2. The summed E-state index contributed by atoms with van der Waals surface area (Å²) in [5, 5.41) is 12.6. The number of pyridine rings is 1. The lowest BCUT2D eigenvalue weighted by Crippen LogP contribution is -2.40. The fraction of sp³-hybridized carbons (Fsp3) is 0.438. The first kappa shape index (κ1) is 16.2. The highest BCUT2D eigenvalue weighted by Gasteiger charge is 2.19. The van der Waals surface area contributed by atoms with Crippen molar-refractivity contribution in [3.63, 3.8) is 0 Å². The van der Waals surface area contributed by atoms with Gasteiger partial charge in [0.15, 0.2) is 0 Å². The quantitative estimate of drug-likeness (QED) is 0.493. The molecule has 1 aliphatic rings. The Morgan fingerprint density at radius 1 is 1.50 bits per heavy atom. The van der Waals surface area contributed by atoms with E-state index in [9.17, 15) is 9.90 Å². The number of nitrogens with one attached hydrogen (secondary N) is 1. The van der Waals surface area contributed by atoms with E-state index in [1.807, 2.05) is 18.2 Å². The predicted molar refractivity (Wildman–Crippen MR) is 83.7 cm³/mol. The molecule has 1 amide bonds. The molecule has 2 N–H and O–H groups in total. The zero-order chi connectivity index (χ0) is 15.8. The molecule has 0 aliphatic carbocycles. The van der Waals surface area contributed by atoms with Gasteiger partial charge in [-0.1, -0.05) is 6.07 Å². The molecular formula is C16H21N3O3. The zero-order valence-electron chi connectivity index (χ0n) is 12.7. The van der Waals surface area contributed by atoms with Crippen LogP contribution in [-0.2, 0) is 16.1 Å². The largest absolute Gasteiger partial charge is 0.512 e. The minimum absolute atomic E-state index is 0.0469. The van der Waals surface area contributed by atoms with Gasteiger partial charge in [-0.3, -0.25) is 14.8 Å². The Morgan fingerprint density at radius 2 is 2.27 bits per heavy atom. The number of hydrogen-bond donors (Lipinski definition) is 2. The third-order valence-corrected chi connectivity index (χ3v) is 3.39. The van der Waals surface area contributed by atoms with Gasteiger partial charge in [-0.2, -0.15) is 0 Å². The van der Waals surface area contributed by atoms with Crippen molar-refractivity contribution in [1.82, 2.24) is 10.3 Å². The number of carbonyl (C=O) groups is 1. The van der Waals surface area contributed by atoms with Crippen LogP contribution in [0.3, 0.4) is 0 Å². The second-order valence-electron chi connectivity index (χ2n) is 5.15. The molecule has 1 aliphatic heterocycles. The van der Waals surface area contributed by atoms with Crippen LogP contribution in [0.2, 0.25) is 0 Å². The second kappa shape index (κ2) is 8.29. The molecule has 0 saturated carbocycles. The number of amides is 1. The van der Waals surface area contributed by atoms with Gasteiger partial charge in [0.1, 0.15) is 5.76 Å². The van der Waals surface area contributed by atoms with Crippen LogP contribution in [0.5, 0.6) is 0 Å². The van der Waals surface area contributed by atoms with Crippen molar-refractivity contribution in [3.8, 4) is 0 Å². The van der Waals surface area contributed by atoms with E-state index in [4.69, 9.17) is 4.74 Å². The molecule has 2 heterocycles. The summed E-state index contributed by atoms with van der Waals surface area (Å²) in [5.41, 5.74) is 0.987. The molecule has 0 radical (unpaired) electrons. The molecule has 6 heteroatoms. The number of ether oxygens (including phenoxy) is 1. The first-order valence-electron chi connectivity index (χ1n) is 7.35. The van der Waals surface area contributed by atoms with Crippen LogP contribution in [0.15, 0.2) is 40.7 Å². The predicted octanol–water partition coefficient (Wildman–Crippen LogP) is 1.78. The Kier molecular flexibility index (Phi) is 6.09. The average molecular weight is 303 g/mol. The van der Waals surface area contributed by atoms with E-state index in [1.54, 1.807) is 6.20 Å². The van der Waals surface area contributed by atoms with Crippen LogP contribution < -0.4 is 5.32 Å². The van der Waals surface area contributed by atoms with Crippen LogP contribution in [0.25, 0.3) is 0 Å². The monoisotopic (exact) mass is 303 g/mol. The van der Waals surface area contributed by atoms with Gasteiger partial charge in [-0.25, -0.2) is 0 Å². The molecule has 1 saturated heterocycles. The topological polar surface area (TPSA) is 83.8 Å². The Bertz CT molecular complexity index is 545. The van der Waals surface area contributed by atoms with Crippen LogP contribution in [0, 0.1) is 0 Å². The van der Waals surface area contributed by atoms with Crippen LogP contribution in [0.4, 0.5) is 0 Å².